The molecule has 0 saturated heterocycles. The van der Waals surface area contributed by atoms with Gasteiger partial charge in [-0.25, -0.2) is 0 Å². The maximum absolute atomic E-state index is 13.0. The fourth-order valence-corrected chi connectivity index (χ4v) is 4.59. The van der Waals surface area contributed by atoms with Gasteiger partial charge < -0.3 is 5.11 Å². The van der Waals surface area contributed by atoms with Gasteiger partial charge in [-0.1, -0.05) is 114 Å². The van der Waals surface area contributed by atoms with Crippen LogP contribution in [0.15, 0.2) is 48.5 Å². The van der Waals surface area contributed by atoms with Gasteiger partial charge in [0.2, 0.25) is 0 Å². The van der Waals surface area contributed by atoms with E-state index in [4.69, 9.17) is 0 Å². The molecule has 0 atom stereocenters. The molecule has 0 saturated carbocycles. The van der Waals surface area contributed by atoms with Crippen LogP contribution in [0.25, 0.3) is 0 Å². The molecule has 0 aromatic heterocycles. The van der Waals surface area contributed by atoms with Crippen LogP contribution < -0.4 is 0 Å². The third kappa shape index (κ3) is 5.50. The van der Waals surface area contributed by atoms with Crippen LogP contribution in [0, 0.1) is 0 Å². The van der Waals surface area contributed by atoms with Gasteiger partial charge in [0, 0.05) is 0 Å². The predicted octanol–water partition coefficient (Wildman–Crippen LogP) is 7.32. The Morgan fingerprint density at radius 2 is 1.17 bits per heavy atom. The number of hydrogen-bond acceptors (Lipinski definition) is 1. The number of rotatable bonds is 13. The van der Waals surface area contributed by atoms with Crippen molar-refractivity contribution in [1.29, 1.82) is 0 Å². The van der Waals surface area contributed by atoms with Crippen molar-refractivity contribution in [2.75, 3.05) is 0 Å². The molecule has 0 spiro atoms. The number of carboxylic acid groups (broad SMARTS) is 1. The molecule has 0 radical (unpaired) electrons. The number of carbonyl (C=O) groups is 1. The molecule has 2 aromatic rings. The minimum Gasteiger partial charge on any atom is -0.480 e. The second-order valence-electron chi connectivity index (χ2n) is 8.10. The Balaban J connectivity index is 2.42. The van der Waals surface area contributed by atoms with Crippen LogP contribution in [-0.2, 0) is 23.1 Å². The van der Waals surface area contributed by atoms with Crippen molar-refractivity contribution in [3.8, 4) is 0 Å². The molecule has 1 N–H and O–H groups in total. The molecule has 0 bridgehead atoms. The van der Waals surface area contributed by atoms with Crippen molar-refractivity contribution in [3.63, 3.8) is 0 Å². The molecule has 0 aliphatic rings. The second-order valence-corrected chi connectivity index (χ2v) is 8.10. The lowest BCUT2D eigenvalue weighted by atomic mass is 9.67. The Kier molecular flexibility index (Phi) is 9.44. The SMILES string of the molecule is CCCCCCCCCC(C(=O)O)(c1ccccc1CC)c1ccccc1CC. The molecular formula is C27H38O2. The molecular weight excluding hydrogens is 356 g/mol. The molecule has 0 aliphatic carbocycles. The largest absolute Gasteiger partial charge is 0.480 e. The molecule has 0 fully saturated rings. The number of benzene rings is 2. The Labute approximate surface area is 177 Å². The summed E-state index contributed by atoms with van der Waals surface area (Å²) in [7, 11) is 0. The van der Waals surface area contributed by atoms with Crippen molar-refractivity contribution in [1.82, 2.24) is 0 Å². The van der Waals surface area contributed by atoms with Gasteiger partial charge in [0.1, 0.15) is 5.41 Å². The van der Waals surface area contributed by atoms with E-state index in [2.05, 4.69) is 32.9 Å². The zero-order valence-corrected chi connectivity index (χ0v) is 18.5. The molecule has 2 heteroatoms. The summed E-state index contributed by atoms with van der Waals surface area (Å²) in [4.78, 5) is 13.0. The zero-order valence-electron chi connectivity index (χ0n) is 18.5. The monoisotopic (exact) mass is 394 g/mol. The first-order valence-corrected chi connectivity index (χ1v) is 11.5. The summed E-state index contributed by atoms with van der Waals surface area (Å²) in [6, 6.07) is 16.3. The first-order valence-electron chi connectivity index (χ1n) is 11.5. The molecule has 0 amide bonds. The summed E-state index contributed by atoms with van der Waals surface area (Å²) in [6.45, 7) is 6.47. The molecule has 0 unspecified atom stereocenters. The van der Waals surface area contributed by atoms with Crippen LogP contribution in [0.2, 0.25) is 0 Å². The van der Waals surface area contributed by atoms with Crippen LogP contribution in [0.4, 0.5) is 0 Å². The summed E-state index contributed by atoms with van der Waals surface area (Å²) < 4.78 is 0. The lowest BCUT2D eigenvalue weighted by Gasteiger charge is -2.34. The fourth-order valence-electron chi connectivity index (χ4n) is 4.59. The number of carboxylic acids is 1. The van der Waals surface area contributed by atoms with Crippen LogP contribution in [0.3, 0.4) is 0 Å². The molecule has 2 rings (SSSR count). The summed E-state index contributed by atoms with van der Waals surface area (Å²) in [5.41, 5.74) is 3.26. The van der Waals surface area contributed by atoms with Gasteiger partial charge >= 0.3 is 5.97 Å². The summed E-state index contributed by atoms with van der Waals surface area (Å²) in [5, 5.41) is 10.6. The minimum atomic E-state index is -0.970. The normalized spacial score (nSPS) is 11.6. The van der Waals surface area contributed by atoms with Gasteiger partial charge in [-0.15, -0.1) is 0 Å². The third-order valence-corrected chi connectivity index (χ3v) is 6.24. The van der Waals surface area contributed by atoms with E-state index in [1.807, 2.05) is 36.4 Å². The molecule has 0 heterocycles. The van der Waals surface area contributed by atoms with Crippen molar-refractivity contribution >= 4 is 5.97 Å². The highest BCUT2D eigenvalue weighted by Crippen LogP contribution is 2.41. The van der Waals surface area contributed by atoms with Gasteiger partial charge in [-0.3, -0.25) is 4.79 Å². The van der Waals surface area contributed by atoms with E-state index in [0.29, 0.717) is 6.42 Å². The first kappa shape index (κ1) is 23.2. The Morgan fingerprint density at radius 3 is 1.62 bits per heavy atom. The average molecular weight is 395 g/mol. The quantitative estimate of drug-likeness (QED) is 0.361. The number of unbranched alkanes of at least 4 members (excludes halogenated alkanes) is 6. The van der Waals surface area contributed by atoms with Crippen LogP contribution in [0.1, 0.15) is 94.4 Å². The van der Waals surface area contributed by atoms with Crippen LogP contribution in [-0.4, -0.2) is 11.1 Å². The Bertz CT molecular complexity index is 715. The summed E-state index contributed by atoms with van der Waals surface area (Å²) in [6.07, 6.45) is 10.7. The second kappa shape index (κ2) is 11.8. The number of aryl methyl sites for hydroxylation is 2. The van der Waals surface area contributed by atoms with Crippen molar-refractivity contribution in [3.05, 3.63) is 70.8 Å². The van der Waals surface area contributed by atoms with E-state index in [9.17, 15) is 9.90 Å². The van der Waals surface area contributed by atoms with E-state index in [1.54, 1.807) is 0 Å². The Morgan fingerprint density at radius 1 is 0.724 bits per heavy atom. The highest BCUT2D eigenvalue weighted by molar-refractivity contribution is 5.87. The fraction of sp³-hybridized carbons (Fsp3) is 0.519. The smallest absolute Gasteiger partial charge is 0.318 e. The van der Waals surface area contributed by atoms with Gasteiger partial charge in [0.25, 0.3) is 0 Å². The Hall–Kier alpha value is -2.09. The lowest BCUT2D eigenvalue weighted by Crippen LogP contribution is -2.39. The van der Waals surface area contributed by atoms with Gasteiger partial charge in [0.05, 0.1) is 0 Å². The molecule has 2 aromatic carbocycles. The van der Waals surface area contributed by atoms with Gasteiger partial charge in [-0.2, -0.15) is 0 Å². The first-order chi connectivity index (χ1) is 14.1. The lowest BCUT2D eigenvalue weighted by molar-refractivity contribution is -0.142. The van der Waals surface area contributed by atoms with E-state index in [0.717, 1.165) is 47.9 Å². The molecule has 2 nitrogen and oxygen atoms in total. The maximum atomic E-state index is 13.0. The van der Waals surface area contributed by atoms with Crippen LogP contribution >= 0.6 is 0 Å². The van der Waals surface area contributed by atoms with Gasteiger partial charge in [0.15, 0.2) is 0 Å². The highest BCUT2D eigenvalue weighted by atomic mass is 16.4. The van der Waals surface area contributed by atoms with Crippen molar-refractivity contribution in [2.45, 2.75) is 90.4 Å². The van der Waals surface area contributed by atoms with E-state index < -0.39 is 11.4 Å². The minimum absolute atomic E-state index is 0.657. The topological polar surface area (TPSA) is 37.3 Å². The average Bonchev–Trinajstić information content (AvgIpc) is 2.75. The summed E-state index contributed by atoms with van der Waals surface area (Å²) in [5.74, 6) is -0.717. The van der Waals surface area contributed by atoms with E-state index >= 15 is 0 Å². The predicted molar refractivity (Wildman–Crippen MR) is 123 cm³/mol. The number of hydrogen-bond donors (Lipinski definition) is 1. The van der Waals surface area contributed by atoms with E-state index in [-0.39, 0.29) is 0 Å². The summed E-state index contributed by atoms with van der Waals surface area (Å²) >= 11 is 0. The maximum Gasteiger partial charge on any atom is 0.318 e. The highest BCUT2D eigenvalue weighted by Gasteiger charge is 2.43. The van der Waals surface area contributed by atoms with E-state index in [1.165, 1.54) is 32.1 Å². The zero-order chi connectivity index (χ0) is 21.1. The molecule has 29 heavy (non-hydrogen) atoms. The molecule has 0 aliphatic heterocycles. The standard InChI is InChI=1S/C27H38O2/c1-4-7-8-9-10-11-16-21-27(26(28)29,24-19-14-12-17-22(24)5-2)25-20-15-13-18-23(25)6-3/h12-15,17-20H,4-11,16,21H2,1-3H3,(H,28,29). The van der Waals surface area contributed by atoms with Crippen molar-refractivity contribution < 1.29 is 9.90 Å². The van der Waals surface area contributed by atoms with Crippen molar-refractivity contribution in [2.24, 2.45) is 0 Å². The third-order valence-electron chi connectivity index (χ3n) is 6.24. The molecule has 158 valence electrons. The van der Waals surface area contributed by atoms with Crippen LogP contribution in [0.5, 0.6) is 0 Å². The van der Waals surface area contributed by atoms with Gasteiger partial charge in [-0.05, 0) is 41.5 Å². The number of aliphatic carboxylic acids is 1.